The second-order valence-electron chi connectivity index (χ2n) is 7.31. The SMILES string of the molecule is CC(=O)Nc1ccc(OC(F)N(N)c2cccc(C(F)(F)F)c2Cc2ccc(C#N)cc2)cc1. The van der Waals surface area contributed by atoms with E-state index in [1.165, 1.54) is 61.5 Å². The molecular formula is C24H20F4N4O2. The first-order valence-electron chi connectivity index (χ1n) is 9.99. The highest BCUT2D eigenvalue weighted by atomic mass is 19.4. The van der Waals surface area contributed by atoms with Gasteiger partial charge in [-0.2, -0.15) is 22.8 Å². The zero-order chi connectivity index (χ0) is 24.9. The Morgan fingerprint density at radius 2 is 1.76 bits per heavy atom. The Morgan fingerprint density at radius 3 is 2.32 bits per heavy atom. The number of rotatable bonds is 7. The summed E-state index contributed by atoms with van der Waals surface area (Å²) in [5.41, 5.74) is -0.111. The summed E-state index contributed by atoms with van der Waals surface area (Å²) in [4.78, 5) is 11.1. The molecule has 0 saturated heterocycles. The van der Waals surface area contributed by atoms with Crippen LogP contribution in [0.15, 0.2) is 66.7 Å². The number of nitrogens with zero attached hydrogens (tertiary/aromatic N) is 2. The van der Waals surface area contributed by atoms with Crippen molar-refractivity contribution < 1.29 is 27.1 Å². The Balaban J connectivity index is 1.89. The lowest BCUT2D eigenvalue weighted by Gasteiger charge is -2.27. The predicted octanol–water partition coefficient (Wildman–Crippen LogP) is 5.14. The van der Waals surface area contributed by atoms with E-state index in [1.807, 2.05) is 6.07 Å². The first-order chi connectivity index (χ1) is 16.1. The molecular weight excluding hydrogens is 452 g/mol. The van der Waals surface area contributed by atoms with Crippen LogP contribution in [0.2, 0.25) is 0 Å². The molecule has 3 rings (SSSR count). The maximum atomic E-state index is 14.9. The number of hydrogen-bond acceptors (Lipinski definition) is 5. The summed E-state index contributed by atoms with van der Waals surface area (Å²) < 4.78 is 61.3. The quantitative estimate of drug-likeness (QED) is 0.163. The van der Waals surface area contributed by atoms with Crippen LogP contribution in [0.5, 0.6) is 5.75 Å². The monoisotopic (exact) mass is 472 g/mol. The van der Waals surface area contributed by atoms with Crippen LogP contribution in [0, 0.1) is 11.3 Å². The number of halogens is 4. The molecule has 0 aliphatic heterocycles. The van der Waals surface area contributed by atoms with Gasteiger partial charge in [-0.05, 0) is 59.7 Å². The number of nitrogens with one attached hydrogen (secondary N) is 1. The van der Waals surface area contributed by atoms with Gasteiger partial charge >= 0.3 is 12.7 Å². The number of anilines is 2. The Labute approximate surface area is 193 Å². The molecule has 1 amide bonds. The van der Waals surface area contributed by atoms with Gasteiger partial charge in [-0.15, -0.1) is 0 Å². The Bertz CT molecular complexity index is 1190. The molecule has 1 atom stereocenters. The van der Waals surface area contributed by atoms with E-state index < -0.39 is 18.2 Å². The predicted molar refractivity (Wildman–Crippen MR) is 118 cm³/mol. The van der Waals surface area contributed by atoms with Crippen LogP contribution < -0.4 is 20.9 Å². The van der Waals surface area contributed by atoms with Crippen LogP contribution >= 0.6 is 0 Å². The summed E-state index contributed by atoms with van der Waals surface area (Å²) in [6.45, 7) is -0.978. The summed E-state index contributed by atoms with van der Waals surface area (Å²) in [6.07, 6.45) is -4.91. The topological polar surface area (TPSA) is 91.4 Å². The van der Waals surface area contributed by atoms with Crippen molar-refractivity contribution in [2.24, 2.45) is 5.84 Å². The molecule has 34 heavy (non-hydrogen) atoms. The molecule has 0 aromatic heterocycles. The number of benzene rings is 3. The number of nitriles is 1. The van der Waals surface area contributed by atoms with E-state index in [9.17, 15) is 22.4 Å². The molecule has 6 nitrogen and oxygen atoms in total. The Morgan fingerprint density at radius 1 is 1.12 bits per heavy atom. The van der Waals surface area contributed by atoms with Crippen molar-refractivity contribution in [2.45, 2.75) is 26.0 Å². The number of hydrazine groups is 1. The fraction of sp³-hybridized carbons (Fsp3) is 0.167. The molecule has 0 bridgehead atoms. The van der Waals surface area contributed by atoms with Gasteiger partial charge in [0, 0.05) is 19.0 Å². The number of hydrogen-bond donors (Lipinski definition) is 2. The van der Waals surface area contributed by atoms with Crippen molar-refractivity contribution in [1.29, 1.82) is 5.26 Å². The molecule has 3 N–H and O–H groups in total. The maximum Gasteiger partial charge on any atom is 0.416 e. The van der Waals surface area contributed by atoms with Gasteiger partial charge in [-0.1, -0.05) is 18.2 Å². The highest BCUT2D eigenvalue weighted by molar-refractivity contribution is 5.88. The molecule has 10 heteroatoms. The second kappa shape index (κ2) is 10.2. The van der Waals surface area contributed by atoms with Crippen LogP contribution in [0.4, 0.5) is 28.9 Å². The van der Waals surface area contributed by atoms with Crippen LogP contribution in [-0.2, 0) is 17.4 Å². The van der Waals surface area contributed by atoms with E-state index in [0.29, 0.717) is 21.8 Å². The number of nitrogens with two attached hydrogens (primary N) is 1. The van der Waals surface area contributed by atoms with Crippen molar-refractivity contribution in [1.82, 2.24) is 0 Å². The van der Waals surface area contributed by atoms with Crippen molar-refractivity contribution in [3.8, 4) is 11.8 Å². The van der Waals surface area contributed by atoms with Crippen molar-refractivity contribution in [2.75, 3.05) is 10.3 Å². The summed E-state index contributed by atoms with van der Waals surface area (Å²) >= 11 is 0. The molecule has 3 aromatic carbocycles. The summed E-state index contributed by atoms with van der Waals surface area (Å²) in [7, 11) is 0. The molecule has 0 fully saturated rings. The van der Waals surface area contributed by atoms with E-state index in [-0.39, 0.29) is 29.3 Å². The lowest BCUT2D eigenvalue weighted by molar-refractivity contribution is -0.138. The number of amides is 1. The van der Waals surface area contributed by atoms with Crippen molar-refractivity contribution >= 4 is 17.3 Å². The van der Waals surface area contributed by atoms with Gasteiger partial charge in [0.25, 0.3) is 0 Å². The normalized spacial score (nSPS) is 11.9. The largest absolute Gasteiger partial charge is 0.442 e. The maximum absolute atomic E-state index is 14.9. The van der Waals surface area contributed by atoms with E-state index in [1.54, 1.807) is 0 Å². The van der Waals surface area contributed by atoms with E-state index >= 15 is 0 Å². The van der Waals surface area contributed by atoms with Gasteiger partial charge in [-0.3, -0.25) is 4.79 Å². The van der Waals surface area contributed by atoms with Gasteiger partial charge in [-0.25, -0.2) is 10.9 Å². The van der Waals surface area contributed by atoms with Crippen LogP contribution in [0.3, 0.4) is 0 Å². The molecule has 0 aliphatic carbocycles. The highest BCUT2D eigenvalue weighted by Gasteiger charge is 2.35. The average Bonchev–Trinajstić information content (AvgIpc) is 2.79. The summed E-state index contributed by atoms with van der Waals surface area (Å²) in [6, 6.07) is 17.0. The Hall–Kier alpha value is -4.10. The van der Waals surface area contributed by atoms with E-state index in [0.717, 1.165) is 12.1 Å². The minimum Gasteiger partial charge on any atom is -0.442 e. The standard InChI is InChI=1S/C24H20F4N4O2/c1-15(33)31-18-9-11-19(12-10-18)34-23(25)32(30)22-4-2-3-21(24(26,27)28)20(22)13-16-5-7-17(14-29)8-6-16/h2-12,23H,13,30H2,1H3,(H,31,33). The van der Waals surface area contributed by atoms with E-state index in [2.05, 4.69) is 5.32 Å². The molecule has 176 valence electrons. The fourth-order valence-corrected chi connectivity index (χ4v) is 3.27. The zero-order valence-corrected chi connectivity index (χ0v) is 17.9. The molecule has 0 saturated carbocycles. The molecule has 1 unspecified atom stereocenters. The van der Waals surface area contributed by atoms with E-state index in [4.69, 9.17) is 15.8 Å². The lowest BCUT2D eigenvalue weighted by atomic mass is 9.96. The smallest absolute Gasteiger partial charge is 0.416 e. The molecule has 0 spiro atoms. The minimum atomic E-state index is -4.70. The minimum absolute atomic E-state index is 0.0534. The third kappa shape index (κ3) is 6.02. The Kier molecular flexibility index (Phi) is 7.38. The van der Waals surface area contributed by atoms with Crippen molar-refractivity contribution in [3.63, 3.8) is 0 Å². The molecule has 3 aromatic rings. The first-order valence-corrected chi connectivity index (χ1v) is 9.99. The lowest BCUT2D eigenvalue weighted by Crippen LogP contribution is -2.43. The van der Waals surface area contributed by atoms with Crippen LogP contribution in [-0.4, -0.2) is 12.4 Å². The van der Waals surface area contributed by atoms with Crippen LogP contribution in [0.1, 0.15) is 29.2 Å². The van der Waals surface area contributed by atoms with Gasteiger partial charge < -0.3 is 10.1 Å². The van der Waals surface area contributed by atoms with Crippen molar-refractivity contribution in [3.05, 3.63) is 89.0 Å². The summed E-state index contributed by atoms with van der Waals surface area (Å²) in [5, 5.41) is 12.0. The number of alkyl halides is 4. The first kappa shape index (κ1) is 24.5. The fourth-order valence-electron chi connectivity index (χ4n) is 3.27. The second-order valence-corrected chi connectivity index (χ2v) is 7.31. The zero-order valence-electron chi connectivity index (χ0n) is 17.9. The molecule has 0 radical (unpaired) electrons. The van der Waals surface area contributed by atoms with Gasteiger partial charge in [0.15, 0.2) is 0 Å². The number of carbonyl (C=O) groups is 1. The van der Waals surface area contributed by atoms with Crippen LogP contribution in [0.25, 0.3) is 0 Å². The summed E-state index contributed by atoms with van der Waals surface area (Å²) in [5.74, 6) is 5.63. The van der Waals surface area contributed by atoms with Gasteiger partial charge in [0.2, 0.25) is 5.91 Å². The third-order valence-corrected chi connectivity index (χ3v) is 4.83. The van der Waals surface area contributed by atoms with Gasteiger partial charge in [0.1, 0.15) is 5.75 Å². The molecule has 0 aliphatic rings. The number of carbonyl (C=O) groups excluding carboxylic acids is 1. The third-order valence-electron chi connectivity index (χ3n) is 4.83. The average molecular weight is 472 g/mol. The highest BCUT2D eigenvalue weighted by Crippen LogP contribution is 2.37. The molecule has 0 heterocycles. The number of ether oxygens (including phenoxy) is 1. The van der Waals surface area contributed by atoms with Gasteiger partial charge in [0.05, 0.1) is 22.9 Å².